The smallest absolute Gasteiger partial charge is 0.274 e. The minimum Gasteiger partial charge on any atom is -0.454 e. The summed E-state index contributed by atoms with van der Waals surface area (Å²) in [7, 11) is 0. The van der Waals surface area contributed by atoms with Crippen molar-refractivity contribution in [3.05, 3.63) is 63.9 Å². The van der Waals surface area contributed by atoms with Crippen LogP contribution in [-0.4, -0.2) is 27.7 Å². The molecular formula is C18H15BrN4O3. The molecule has 0 unspecified atom stereocenters. The van der Waals surface area contributed by atoms with Gasteiger partial charge in [-0.05, 0) is 42.8 Å². The number of ether oxygens (including phenoxy) is 2. The second kappa shape index (κ2) is 6.80. The maximum atomic E-state index is 12.5. The van der Waals surface area contributed by atoms with E-state index in [1.54, 1.807) is 4.68 Å². The molecule has 1 aliphatic heterocycles. The fourth-order valence-electron chi connectivity index (χ4n) is 2.71. The fourth-order valence-corrected chi connectivity index (χ4v) is 3.10. The largest absolute Gasteiger partial charge is 0.454 e. The molecule has 2 aromatic carbocycles. The predicted molar refractivity (Wildman–Crippen MR) is 97.5 cm³/mol. The second-order valence-corrected chi connectivity index (χ2v) is 6.70. The summed E-state index contributed by atoms with van der Waals surface area (Å²) in [6, 6.07) is 13.2. The van der Waals surface area contributed by atoms with Crippen LogP contribution in [0.25, 0.3) is 5.69 Å². The first-order valence-corrected chi connectivity index (χ1v) is 8.76. The van der Waals surface area contributed by atoms with E-state index in [9.17, 15) is 4.79 Å². The van der Waals surface area contributed by atoms with Crippen LogP contribution in [0.3, 0.4) is 0 Å². The molecule has 132 valence electrons. The zero-order chi connectivity index (χ0) is 18.1. The van der Waals surface area contributed by atoms with Crippen LogP contribution in [0.5, 0.6) is 11.5 Å². The lowest BCUT2D eigenvalue weighted by Crippen LogP contribution is -2.24. The molecule has 2 heterocycles. The van der Waals surface area contributed by atoms with Crippen LogP contribution in [-0.2, 0) is 6.54 Å². The first-order chi connectivity index (χ1) is 12.6. The first-order valence-electron chi connectivity index (χ1n) is 7.97. The lowest BCUT2D eigenvalue weighted by atomic mass is 10.2. The van der Waals surface area contributed by atoms with Crippen LogP contribution in [0, 0.1) is 6.92 Å². The molecule has 0 spiro atoms. The van der Waals surface area contributed by atoms with Crippen LogP contribution >= 0.6 is 15.9 Å². The van der Waals surface area contributed by atoms with Crippen molar-refractivity contribution in [3.8, 4) is 17.2 Å². The van der Waals surface area contributed by atoms with Gasteiger partial charge in [-0.15, -0.1) is 5.10 Å². The Morgan fingerprint density at radius 2 is 2.08 bits per heavy atom. The highest BCUT2D eigenvalue weighted by atomic mass is 79.9. The third-order valence-corrected chi connectivity index (χ3v) is 4.55. The topological polar surface area (TPSA) is 78.3 Å². The van der Waals surface area contributed by atoms with E-state index < -0.39 is 0 Å². The van der Waals surface area contributed by atoms with E-state index in [1.807, 2.05) is 49.4 Å². The highest BCUT2D eigenvalue weighted by molar-refractivity contribution is 9.10. The Morgan fingerprint density at radius 3 is 2.92 bits per heavy atom. The van der Waals surface area contributed by atoms with Crippen molar-refractivity contribution < 1.29 is 14.3 Å². The molecule has 4 rings (SSSR count). The molecule has 7 nitrogen and oxygen atoms in total. The van der Waals surface area contributed by atoms with E-state index >= 15 is 0 Å². The van der Waals surface area contributed by atoms with Gasteiger partial charge in [-0.2, -0.15) is 0 Å². The van der Waals surface area contributed by atoms with E-state index in [0.717, 1.165) is 15.7 Å². The molecule has 0 radical (unpaired) electrons. The molecule has 26 heavy (non-hydrogen) atoms. The van der Waals surface area contributed by atoms with Gasteiger partial charge in [0.25, 0.3) is 5.91 Å². The van der Waals surface area contributed by atoms with E-state index in [1.165, 1.54) is 0 Å². The molecule has 0 aliphatic carbocycles. The lowest BCUT2D eigenvalue weighted by molar-refractivity contribution is 0.0945. The molecular weight excluding hydrogens is 400 g/mol. The summed E-state index contributed by atoms with van der Waals surface area (Å²) in [6.07, 6.45) is 0. The monoisotopic (exact) mass is 414 g/mol. The Hall–Kier alpha value is -2.87. The Balaban J connectivity index is 1.49. The van der Waals surface area contributed by atoms with E-state index in [2.05, 4.69) is 31.6 Å². The van der Waals surface area contributed by atoms with E-state index in [0.29, 0.717) is 29.4 Å². The molecule has 0 atom stereocenters. The van der Waals surface area contributed by atoms with E-state index in [4.69, 9.17) is 9.47 Å². The van der Waals surface area contributed by atoms with Crippen LogP contribution in [0.4, 0.5) is 0 Å². The van der Waals surface area contributed by atoms with Crippen molar-refractivity contribution in [1.82, 2.24) is 20.3 Å². The molecule has 0 saturated heterocycles. The number of fused-ring (bicyclic) bond motifs is 1. The number of halogens is 1. The fraction of sp³-hybridized carbons (Fsp3) is 0.167. The van der Waals surface area contributed by atoms with Crippen LogP contribution < -0.4 is 14.8 Å². The Kier molecular flexibility index (Phi) is 4.34. The van der Waals surface area contributed by atoms with Gasteiger partial charge in [-0.3, -0.25) is 4.79 Å². The lowest BCUT2D eigenvalue weighted by Gasteiger charge is -2.06. The third-order valence-electron chi connectivity index (χ3n) is 4.05. The minimum atomic E-state index is -0.276. The Morgan fingerprint density at radius 1 is 1.23 bits per heavy atom. The predicted octanol–water partition coefficient (Wildman–Crippen LogP) is 3.00. The van der Waals surface area contributed by atoms with Gasteiger partial charge in [0.05, 0.1) is 11.4 Å². The average Bonchev–Trinajstić information content (AvgIpc) is 3.25. The molecule has 1 N–H and O–H groups in total. The van der Waals surface area contributed by atoms with Gasteiger partial charge in [0.1, 0.15) is 0 Å². The molecule has 3 aromatic rings. The van der Waals surface area contributed by atoms with E-state index in [-0.39, 0.29) is 12.7 Å². The highest BCUT2D eigenvalue weighted by Crippen LogP contribution is 2.32. The van der Waals surface area contributed by atoms with Gasteiger partial charge in [-0.1, -0.05) is 33.3 Å². The van der Waals surface area contributed by atoms with Crippen molar-refractivity contribution in [2.24, 2.45) is 0 Å². The maximum absolute atomic E-state index is 12.5. The van der Waals surface area contributed by atoms with Crippen LogP contribution in [0.2, 0.25) is 0 Å². The summed E-state index contributed by atoms with van der Waals surface area (Å²) in [5.41, 5.74) is 2.72. The van der Waals surface area contributed by atoms with Gasteiger partial charge in [0, 0.05) is 11.0 Å². The SMILES string of the molecule is Cc1c(C(=O)NCc2ccc3c(c2)OCO3)nnn1-c1cccc(Br)c1. The minimum absolute atomic E-state index is 0.225. The zero-order valence-corrected chi connectivity index (χ0v) is 15.5. The number of rotatable bonds is 4. The Labute approximate surface area is 158 Å². The molecule has 8 heteroatoms. The van der Waals surface area contributed by atoms with Gasteiger partial charge in [-0.25, -0.2) is 4.68 Å². The number of carbonyl (C=O) groups is 1. The second-order valence-electron chi connectivity index (χ2n) is 5.79. The number of benzene rings is 2. The van der Waals surface area contributed by atoms with Gasteiger partial charge in [0.15, 0.2) is 17.2 Å². The summed E-state index contributed by atoms with van der Waals surface area (Å²) in [5.74, 6) is 1.13. The molecule has 0 bridgehead atoms. The number of amides is 1. The summed E-state index contributed by atoms with van der Waals surface area (Å²) in [4.78, 5) is 12.5. The van der Waals surface area contributed by atoms with Crippen molar-refractivity contribution in [2.45, 2.75) is 13.5 Å². The number of nitrogens with one attached hydrogen (secondary N) is 1. The first kappa shape index (κ1) is 16.6. The summed E-state index contributed by atoms with van der Waals surface area (Å²) >= 11 is 3.43. The number of carbonyl (C=O) groups excluding carboxylic acids is 1. The maximum Gasteiger partial charge on any atom is 0.274 e. The zero-order valence-electron chi connectivity index (χ0n) is 13.9. The highest BCUT2D eigenvalue weighted by Gasteiger charge is 2.18. The van der Waals surface area contributed by atoms with Crippen molar-refractivity contribution in [3.63, 3.8) is 0 Å². The van der Waals surface area contributed by atoms with Crippen molar-refractivity contribution in [1.29, 1.82) is 0 Å². The molecule has 1 aromatic heterocycles. The molecule has 1 amide bonds. The Bertz CT molecular complexity index is 986. The molecule has 0 saturated carbocycles. The normalized spacial score (nSPS) is 12.2. The summed E-state index contributed by atoms with van der Waals surface area (Å²) in [6.45, 7) is 2.40. The van der Waals surface area contributed by atoms with Crippen molar-refractivity contribution in [2.75, 3.05) is 6.79 Å². The number of aromatic nitrogens is 3. The third kappa shape index (κ3) is 3.15. The number of hydrogen-bond donors (Lipinski definition) is 1. The van der Waals surface area contributed by atoms with Crippen molar-refractivity contribution >= 4 is 21.8 Å². The van der Waals surface area contributed by atoms with Gasteiger partial charge >= 0.3 is 0 Å². The quantitative estimate of drug-likeness (QED) is 0.709. The molecule has 0 fully saturated rings. The van der Waals surface area contributed by atoms with Gasteiger partial charge in [0.2, 0.25) is 6.79 Å². The summed E-state index contributed by atoms with van der Waals surface area (Å²) < 4.78 is 13.2. The van der Waals surface area contributed by atoms with Crippen LogP contribution in [0.15, 0.2) is 46.9 Å². The number of nitrogens with zero attached hydrogens (tertiary/aromatic N) is 3. The number of hydrogen-bond acceptors (Lipinski definition) is 5. The van der Waals surface area contributed by atoms with Crippen LogP contribution in [0.1, 0.15) is 21.7 Å². The van der Waals surface area contributed by atoms with Gasteiger partial charge < -0.3 is 14.8 Å². The average molecular weight is 415 g/mol. The summed E-state index contributed by atoms with van der Waals surface area (Å²) in [5, 5.41) is 11.0. The molecule has 1 aliphatic rings. The standard InChI is InChI=1S/C18H15BrN4O3/c1-11-17(21-22-23(11)14-4-2-3-13(19)8-14)18(24)20-9-12-5-6-15-16(7-12)26-10-25-15/h2-8H,9-10H2,1H3,(H,20,24).